The second kappa shape index (κ2) is 6.92. The number of hydrogen-bond acceptors (Lipinski definition) is 4. The Morgan fingerprint density at radius 1 is 1.00 bits per heavy atom. The number of benzene rings is 2. The van der Waals surface area contributed by atoms with Gasteiger partial charge in [0.25, 0.3) is 0 Å². The molecule has 0 aromatic heterocycles. The predicted molar refractivity (Wildman–Crippen MR) is 90.7 cm³/mol. The van der Waals surface area contributed by atoms with Crippen LogP contribution in [0.3, 0.4) is 0 Å². The van der Waals surface area contributed by atoms with E-state index in [0.29, 0.717) is 6.61 Å². The number of ether oxygens (including phenoxy) is 3. The molecular weight excluding hydrogens is 290 g/mol. The van der Waals surface area contributed by atoms with Crippen LogP contribution in [0.25, 0.3) is 0 Å². The van der Waals surface area contributed by atoms with E-state index in [9.17, 15) is 0 Å². The fourth-order valence-corrected chi connectivity index (χ4v) is 3.27. The van der Waals surface area contributed by atoms with Crippen molar-refractivity contribution < 1.29 is 14.2 Å². The van der Waals surface area contributed by atoms with Gasteiger partial charge in [-0.05, 0) is 31.0 Å². The van der Waals surface area contributed by atoms with Crippen LogP contribution >= 0.6 is 0 Å². The highest BCUT2D eigenvalue weighted by atomic mass is 16.5. The minimum atomic E-state index is 0.0984. The fourth-order valence-electron chi connectivity index (χ4n) is 3.27. The smallest absolute Gasteiger partial charge is 0.164 e. The zero-order valence-corrected chi connectivity index (χ0v) is 13.9. The molecule has 0 bridgehead atoms. The van der Waals surface area contributed by atoms with E-state index in [0.717, 1.165) is 35.8 Å². The van der Waals surface area contributed by atoms with Crippen molar-refractivity contribution in [2.45, 2.75) is 19.4 Å². The Morgan fingerprint density at radius 3 is 2.57 bits per heavy atom. The van der Waals surface area contributed by atoms with E-state index in [1.54, 1.807) is 14.2 Å². The van der Waals surface area contributed by atoms with Crippen LogP contribution in [0.1, 0.15) is 29.7 Å². The molecule has 0 amide bonds. The average Bonchev–Trinajstić information content (AvgIpc) is 2.61. The number of para-hydroxylation sites is 1. The van der Waals surface area contributed by atoms with Crippen molar-refractivity contribution in [1.29, 1.82) is 0 Å². The number of rotatable bonds is 5. The van der Waals surface area contributed by atoms with Crippen LogP contribution in [-0.4, -0.2) is 27.4 Å². The minimum Gasteiger partial charge on any atom is -0.494 e. The lowest BCUT2D eigenvalue weighted by molar-refractivity contribution is 0.331. The van der Waals surface area contributed by atoms with Crippen molar-refractivity contribution in [3.05, 3.63) is 53.1 Å². The molecular formula is C19H23NO3. The summed E-state index contributed by atoms with van der Waals surface area (Å²) in [6.07, 6.45) is 0.920. The molecule has 0 fully saturated rings. The van der Waals surface area contributed by atoms with Crippen LogP contribution in [0.5, 0.6) is 17.2 Å². The van der Waals surface area contributed by atoms with Crippen molar-refractivity contribution >= 4 is 0 Å². The van der Waals surface area contributed by atoms with E-state index >= 15 is 0 Å². The van der Waals surface area contributed by atoms with Crippen LogP contribution in [0.4, 0.5) is 0 Å². The lowest BCUT2D eigenvalue weighted by Crippen LogP contribution is -2.31. The summed E-state index contributed by atoms with van der Waals surface area (Å²) in [6.45, 7) is 3.55. The number of fused-ring (bicyclic) bond motifs is 1. The zero-order valence-electron chi connectivity index (χ0n) is 13.9. The third-order valence-electron chi connectivity index (χ3n) is 4.25. The molecule has 1 heterocycles. The van der Waals surface area contributed by atoms with E-state index in [2.05, 4.69) is 23.5 Å². The van der Waals surface area contributed by atoms with Crippen LogP contribution in [0.2, 0.25) is 0 Å². The molecule has 0 saturated heterocycles. The molecule has 122 valence electrons. The molecule has 1 N–H and O–H groups in total. The summed E-state index contributed by atoms with van der Waals surface area (Å²) < 4.78 is 16.9. The molecule has 23 heavy (non-hydrogen) atoms. The molecule has 0 radical (unpaired) electrons. The van der Waals surface area contributed by atoms with Crippen LogP contribution < -0.4 is 19.5 Å². The fraction of sp³-hybridized carbons (Fsp3) is 0.368. The van der Waals surface area contributed by atoms with Crippen molar-refractivity contribution in [3.63, 3.8) is 0 Å². The monoisotopic (exact) mass is 313 g/mol. The van der Waals surface area contributed by atoms with Crippen molar-refractivity contribution in [2.75, 3.05) is 27.4 Å². The SMILES string of the molecule is CCOc1ccccc1C1NCCc2c1ccc(OC)c2OC. The van der Waals surface area contributed by atoms with Gasteiger partial charge in [0, 0.05) is 17.7 Å². The molecule has 1 unspecified atom stereocenters. The third-order valence-corrected chi connectivity index (χ3v) is 4.25. The summed E-state index contributed by atoms with van der Waals surface area (Å²) in [5, 5.41) is 3.60. The highest BCUT2D eigenvalue weighted by Crippen LogP contribution is 2.41. The first-order chi connectivity index (χ1) is 11.3. The summed E-state index contributed by atoms with van der Waals surface area (Å²) in [6, 6.07) is 12.4. The van der Waals surface area contributed by atoms with Gasteiger partial charge in [-0.3, -0.25) is 0 Å². The molecule has 1 atom stereocenters. The zero-order chi connectivity index (χ0) is 16.2. The molecule has 4 heteroatoms. The first-order valence-electron chi connectivity index (χ1n) is 7.99. The number of methoxy groups -OCH3 is 2. The Hall–Kier alpha value is -2.20. The first kappa shape index (κ1) is 15.7. The highest BCUT2D eigenvalue weighted by Gasteiger charge is 2.27. The summed E-state index contributed by atoms with van der Waals surface area (Å²) in [5.41, 5.74) is 3.59. The molecule has 4 nitrogen and oxygen atoms in total. The maximum atomic E-state index is 5.81. The maximum absolute atomic E-state index is 5.81. The molecule has 2 aromatic carbocycles. The number of nitrogens with one attached hydrogen (secondary N) is 1. The van der Waals surface area contributed by atoms with Gasteiger partial charge in [0.15, 0.2) is 11.5 Å². The predicted octanol–water partition coefficient (Wildman–Crippen LogP) is 3.34. The molecule has 0 saturated carbocycles. The molecule has 0 aliphatic carbocycles. The largest absolute Gasteiger partial charge is 0.494 e. The van der Waals surface area contributed by atoms with Gasteiger partial charge >= 0.3 is 0 Å². The number of hydrogen-bond donors (Lipinski definition) is 1. The molecule has 1 aliphatic rings. The van der Waals surface area contributed by atoms with Gasteiger partial charge in [-0.25, -0.2) is 0 Å². The molecule has 2 aromatic rings. The van der Waals surface area contributed by atoms with Gasteiger partial charge in [-0.1, -0.05) is 24.3 Å². The minimum absolute atomic E-state index is 0.0984. The summed E-state index contributed by atoms with van der Waals surface area (Å²) in [5.74, 6) is 2.55. The first-order valence-corrected chi connectivity index (χ1v) is 7.99. The normalized spacial score (nSPS) is 16.6. The summed E-state index contributed by atoms with van der Waals surface area (Å²) in [4.78, 5) is 0. The lowest BCUT2D eigenvalue weighted by atomic mass is 9.88. The Bertz CT molecular complexity index is 684. The highest BCUT2D eigenvalue weighted by molar-refractivity contribution is 5.55. The molecule has 0 spiro atoms. The van der Waals surface area contributed by atoms with E-state index in [1.165, 1.54) is 11.1 Å². The van der Waals surface area contributed by atoms with Crippen molar-refractivity contribution in [3.8, 4) is 17.2 Å². The van der Waals surface area contributed by atoms with Gasteiger partial charge < -0.3 is 19.5 Å². The Morgan fingerprint density at radius 2 is 1.83 bits per heavy atom. The Balaban J connectivity index is 2.09. The average molecular weight is 313 g/mol. The second-order valence-corrected chi connectivity index (χ2v) is 5.48. The van der Waals surface area contributed by atoms with Crippen LogP contribution in [0, 0.1) is 0 Å². The molecule has 3 rings (SSSR count). The van der Waals surface area contributed by atoms with Crippen molar-refractivity contribution in [1.82, 2.24) is 5.32 Å². The van der Waals surface area contributed by atoms with E-state index in [1.807, 2.05) is 25.1 Å². The van der Waals surface area contributed by atoms with E-state index < -0.39 is 0 Å². The van der Waals surface area contributed by atoms with E-state index in [4.69, 9.17) is 14.2 Å². The van der Waals surface area contributed by atoms with Crippen LogP contribution in [0.15, 0.2) is 36.4 Å². The summed E-state index contributed by atoms with van der Waals surface area (Å²) in [7, 11) is 3.37. The van der Waals surface area contributed by atoms with E-state index in [-0.39, 0.29) is 6.04 Å². The quantitative estimate of drug-likeness (QED) is 0.919. The lowest BCUT2D eigenvalue weighted by Gasteiger charge is -2.30. The Kier molecular flexibility index (Phi) is 4.72. The summed E-state index contributed by atoms with van der Waals surface area (Å²) >= 11 is 0. The Labute approximate surface area is 137 Å². The second-order valence-electron chi connectivity index (χ2n) is 5.48. The van der Waals surface area contributed by atoms with Gasteiger partial charge in [-0.15, -0.1) is 0 Å². The van der Waals surface area contributed by atoms with Gasteiger partial charge in [0.1, 0.15) is 5.75 Å². The van der Waals surface area contributed by atoms with Gasteiger partial charge in [0.05, 0.1) is 26.9 Å². The third kappa shape index (κ3) is 2.86. The standard InChI is InChI=1S/C19H23NO3/c1-4-23-16-8-6-5-7-15(16)18-13-9-10-17(21-2)19(22-3)14(13)11-12-20-18/h5-10,18,20H,4,11-12H2,1-3H3. The van der Waals surface area contributed by atoms with Crippen LogP contribution in [-0.2, 0) is 6.42 Å². The van der Waals surface area contributed by atoms with Gasteiger partial charge in [0.2, 0.25) is 0 Å². The van der Waals surface area contributed by atoms with Gasteiger partial charge in [-0.2, -0.15) is 0 Å². The molecule has 1 aliphatic heterocycles. The topological polar surface area (TPSA) is 39.7 Å². The van der Waals surface area contributed by atoms with Crippen molar-refractivity contribution in [2.24, 2.45) is 0 Å². The maximum Gasteiger partial charge on any atom is 0.164 e.